The van der Waals surface area contributed by atoms with Crippen LogP contribution in [0.1, 0.15) is 26.2 Å². The first-order chi connectivity index (χ1) is 8.11. The van der Waals surface area contributed by atoms with Crippen molar-refractivity contribution in [2.75, 3.05) is 26.2 Å². The number of aliphatic carboxylic acids is 1. The molecule has 17 heavy (non-hydrogen) atoms. The summed E-state index contributed by atoms with van der Waals surface area (Å²) in [6.07, 6.45) is 2.70. The Hall–Kier alpha value is -1.10. The highest BCUT2D eigenvalue weighted by Gasteiger charge is 2.35. The van der Waals surface area contributed by atoms with E-state index in [0.717, 1.165) is 13.1 Å². The summed E-state index contributed by atoms with van der Waals surface area (Å²) in [5.74, 6) is -1.36. The van der Waals surface area contributed by atoms with E-state index in [1.54, 1.807) is 4.90 Å². The van der Waals surface area contributed by atoms with E-state index >= 15 is 0 Å². The lowest BCUT2D eigenvalue weighted by molar-refractivity contribution is -0.141. The van der Waals surface area contributed by atoms with Crippen molar-refractivity contribution in [1.29, 1.82) is 0 Å². The van der Waals surface area contributed by atoms with Crippen LogP contribution in [0.2, 0.25) is 0 Å². The summed E-state index contributed by atoms with van der Waals surface area (Å²) in [6.45, 7) is 5.07. The van der Waals surface area contributed by atoms with Gasteiger partial charge in [-0.25, -0.2) is 0 Å². The molecule has 1 atom stereocenters. The minimum Gasteiger partial charge on any atom is -0.481 e. The summed E-state index contributed by atoms with van der Waals surface area (Å²) in [5.41, 5.74) is 0. The van der Waals surface area contributed by atoms with Gasteiger partial charge in [-0.2, -0.15) is 0 Å². The Labute approximate surface area is 101 Å². The van der Waals surface area contributed by atoms with Crippen LogP contribution in [-0.2, 0) is 9.59 Å². The third-order valence-electron chi connectivity index (χ3n) is 3.69. The van der Waals surface area contributed by atoms with Crippen molar-refractivity contribution in [3.63, 3.8) is 0 Å². The number of carboxylic acid groups (broad SMARTS) is 1. The molecule has 1 saturated heterocycles. The molecule has 0 radical (unpaired) electrons. The SMILES string of the molecule is CCN(CCN1CC(C(=O)O)CC1=O)C1CC1. The van der Waals surface area contributed by atoms with Crippen LogP contribution in [0.25, 0.3) is 0 Å². The number of rotatable bonds is 6. The molecule has 1 saturated carbocycles. The van der Waals surface area contributed by atoms with Crippen LogP contribution in [0, 0.1) is 5.92 Å². The van der Waals surface area contributed by atoms with E-state index in [4.69, 9.17) is 5.11 Å². The summed E-state index contributed by atoms with van der Waals surface area (Å²) in [7, 11) is 0. The van der Waals surface area contributed by atoms with Crippen LogP contribution in [0.4, 0.5) is 0 Å². The molecule has 0 spiro atoms. The van der Waals surface area contributed by atoms with E-state index in [2.05, 4.69) is 11.8 Å². The lowest BCUT2D eigenvalue weighted by atomic mass is 10.1. The Morgan fingerprint density at radius 3 is 2.71 bits per heavy atom. The number of hydrogen-bond acceptors (Lipinski definition) is 3. The van der Waals surface area contributed by atoms with Gasteiger partial charge in [0.15, 0.2) is 0 Å². The predicted molar refractivity (Wildman–Crippen MR) is 62.6 cm³/mol. The Balaban J connectivity index is 1.79. The first kappa shape index (κ1) is 12.4. The zero-order valence-corrected chi connectivity index (χ0v) is 10.3. The maximum absolute atomic E-state index is 11.6. The molecular formula is C12H20N2O3. The second-order valence-corrected chi connectivity index (χ2v) is 4.94. The molecule has 1 aliphatic carbocycles. The summed E-state index contributed by atoms with van der Waals surface area (Å²) in [5, 5.41) is 8.88. The van der Waals surface area contributed by atoms with Gasteiger partial charge in [0.2, 0.25) is 5.91 Å². The van der Waals surface area contributed by atoms with Crippen molar-refractivity contribution in [2.45, 2.75) is 32.2 Å². The summed E-state index contributed by atoms with van der Waals surface area (Å²) in [4.78, 5) is 26.5. The lowest BCUT2D eigenvalue weighted by Gasteiger charge is -2.23. The van der Waals surface area contributed by atoms with Gasteiger partial charge >= 0.3 is 5.97 Å². The van der Waals surface area contributed by atoms with Gasteiger partial charge in [-0.3, -0.25) is 14.5 Å². The second-order valence-electron chi connectivity index (χ2n) is 4.94. The maximum atomic E-state index is 11.6. The average Bonchev–Trinajstić information content (AvgIpc) is 3.04. The molecule has 0 aromatic carbocycles. The highest BCUT2D eigenvalue weighted by Crippen LogP contribution is 2.26. The number of carbonyl (C=O) groups is 2. The van der Waals surface area contributed by atoms with Gasteiger partial charge in [-0.05, 0) is 19.4 Å². The standard InChI is InChI=1S/C12H20N2O3/c1-2-13(10-3-4-10)5-6-14-8-9(12(16)17)7-11(14)15/h9-10H,2-8H2,1H3,(H,16,17). The molecule has 5 nitrogen and oxygen atoms in total. The number of likely N-dealkylation sites (tertiary alicyclic amines) is 1. The number of nitrogens with zero attached hydrogens (tertiary/aromatic N) is 2. The fourth-order valence-corrected chi connectivity index (χ4v) is 2.44. The van der Waals surface area contributed by atoms with Crippen LogP contribution < -0.4 is 0 Å². The smallest absolute Gasteiger partial charge is 0.308 e. The molecule has 0 aromatic heterocycles. The monoisotopic (exact) mass is 240 g/mol. The molecule has 1 heterocycles. The molecule has 2 aliphatic rings. The van der Waals surface area contributed by atoms with Crippen LogP contribution in [-0.4, -0.2) is 59.0 Å². The largest absolute Gasteiger partial charge is 0.481 e. The van der Waals surface area contributed by atoms with Gasteiger partial charge in [-0.1, -0.05) is 6.92 Å². The number of carboxylic acids is 1. The normalized spacial score (nSPS) is 24.7. The molecule has 2 fully saturated rings. The van der Waals surface area contributed by atoms with Gasteiger partial charge < -0.3 is 10.0 Å². The fraction of sp³-hybridized carbons (Fsp3) is 0.833. The van der Waals surface area contributed by atoms with Crippen LogP contribution in [0.5, 0.6) is 0 Å². The molecule has 1 unspecified atom stereocenters. The summed E-state index contributed by atoms with van der Waals surface area (Å²) < 4.78 is 0. The van der Waals surface area contributed by atoms with Gasteiger partial charge in [0.25, 0.3) is 0 Å². The van der Waals surface area contributed by atoms with Crippen molar-refractivity contribution in [3.8, 4) is 0 Å². The Morgan fingerprint density at radius 1 is 1.53 bits per heavy atom. The Morgan fingerprint density at radius 2 is 2.24 bits per heavy atom. The first-order valence-electron chi connectivity index (χ1n) is 6.36. The van der Waals surface area contributed by atoms with Gasteiger partial charge in [-0.15, -0.1) is 0 Å². The van der Waals surface area contributed by atoms with E-state index in [0.29, 0.717) is 19.1 Å². The van der Waals surface area contributed by atoms with Crippen LogP contribution in [0.3, 0.4) is 0 Å². The van der Waals surface area contributed by atoms with E-state index < -0.39 is 11.9 Å². The number of amides is 1. The highest BCUT2D eigenvalue weighted by molar-refractivity contribution is 5.86. The third kappa shape index (κ3) is 2.97. The molecule has 0 aromatic rings. The zero-order valence-electron chi connectivity index (χ0n) is 10.3. The fourth-order valence-electron chi connectivity index (χ4n) is 2.44. The first-order valence-corrected chi connectivity index (χ1v) is 6.36. The molecule has 0 bridgehead atoms. The van der Waals surface area contributed by atoms with Crippen molar-refractivity contribution >= 4 is 11.9 Å². The lowest BCUT2D eigenvalue weighted by Crippen LogP contribution is -2.37. The van der Waals surface area contributed by atoms with E-state index in [1.165, 1.54) is 12.8 Å². The van der Waals surface area contributed by atoms with Crippen LogP contribution in [0.15, 0.2) is 0 Å². The van der Waals surface area contributed by atoms with Gasteiger partial charge in [0.1, 0.15) is 0 Å². The molecule has 5 heteroatoms. The molecule has 96 valence electrons. The summed E-state index contributed by atoms with van der Waals surface area (Å²) >= 11 is 0. The van der Waals surface area contributed by atoms with E-state index in [1.807, 2.05) is 0 Å². The van der Waals surface area contributed by atoms with E-state index in [9.17, 15) is 9.59 Å². The average molecular weight is 240 g/mol. The zero-order chi connectivity index (χ0) is 12.4. The number of likely N-dealkylation sites (N-methyl/N-ethyl adjacent to an activating group) is 1. The highest BCUT2D eigenvalue weighted by atomic mass is 16.4. The summed E-state index contributed by atoms with van der Waals surface area (Å²) in [6, 6.07) is 0.702. The predicted octanol–water partition coefficient (Wildman–Crippen LogP) is 0.404. The quantitative estimate of drug-likeness (QED) is 0.730. The number of carbonyl (C=O) groups excluding carboxylic acids is 1. The Kier molecular flexibility index (Phi) is 3.66. The van der Waals surface area contributed by atoms with Gasteiger partial charge in [0.05, 0.1) is 5.92 Å². The molecule has 2 rings (SSSR count). The minimum absolute atomic E-state index is 0.00995. The topological polar surface area (TPSA) is 60.9 Å². The maximum Gasteiger partial charge on any atom is 0.308 e. The van der Waals surface area contributed by atoms with E-state index in [-0.39, 0.29) is 12.3 Å². The van der Waals surface area contributed by atoms with Crippen molar-refractivity contribution in [2.24, 2.45) is 5.92 Å². The molecule has 1 amide bonds. The number of hydrogen-bond donors (Lipinski definition) is 1. The van der Waals surface area contributed by atoms with Crippen LogP contribution >= 0.6 is 0 Å². The van der Waals surface area contributed by atoms with Crippen molar-refractivity contribution < 1.29 is 14.7 Å². The minimum atomic E-state index is -0.851. The Bertz CT molecular complexity index is 315. The molecule has 1 aliphatic heterocycles. The third-order valence-corrected chi connectivity index (χ3v) is 3.69. The van der Waals surface area contributed by atoms with Gasteiger partial charge in [0, 0.05) is 32.1 Å². The van der Waals surface area contributed by atoms with Crippen molar-refractivity contribution in [1.82, 2.24) is 9.80 Å². The second kappa shape index (κ2) is 5.04. The molecule has 1 N–H and O–H groups in total. The van der Waals surface area contributed by atoms with Crippen molar-refractivity contribution in [3.05, 3.63) is 0 Å². The molecular weight excluding hydrogens is 220 g/mol.